The van der Waals surface area contributed by atoms with Crippen molar-refractivity contribution in [2.75, 3.05) is 7.11 Å². The Morgan fingerprint density at radius 3 is 2.59 bits per heavy atom. The van der Waals surface area contributed by atoms with E-state index in [9.17, 15) is 14.7 Å². The number of ether oxygens (including phenoxy) is 1. The van der Waals surface area contributed by atoms with Gasteiger partial charge in [0.2, 0.25) is 5.88 Å². The molecule has 0 saturated carbocycles. The van der Waals surface area contributed by atoms with E-state index in [1.807, 2.05) is 0 Å². The van der Waals surface area contributed by atoms with Crippen LogP contribution >= 0.6 is 0 Å². The number of carbonyl (C=O) groups excluding carboxylic acids is 2. The highest BCUT2D eigenvalue weighted by molar-refractivity contribution is 6.43. The Hall–Kier alpha value is -2.30. The number of benzene rings is 1. The molecule has 1 aromatic carbocycles. The third kappa shape index (κ3) is 1.56. The summed E-state index contributed by atoms with van der Waals surface area (Å²) in [6.07, 6.45) is 0. The lowest BCUT2D eigenvalue weighted by Gasteiger charge is -1.98. The zero-order valence-corrected chi connectivity index (χ0v) is 9.43. The number of esters is 1. The highest BCUT2D eigenvalue weighted by Crippen LogP contribution is 2.30. The van der Waals surface area contributed by atoms with Crippen LogP contribution in [0.3, 0.4) is 0 Å². The number of aromatic hydroxyl groups is 1. The molecular weight excluding hydrogens is 222 g/mol. The van der Waals surface area contributed by atoms with Crippen molar-refractivity contribution in [3.05, 3.63) is 29.8 Å². The molecule has 0 spiro atoms. The molecule has 1 heterocycles. The van der Waals surface area contributed by atoms with Crippen LogP contribution in [0.25, 0.3) is 10.9 Å². The molecule has 0 bridgehead atoms. The highest BCUT2D eigenvalue weighted by atomic mass is 16.5. The van der Waals surface area contributed by atoms with Gasteiger partial charge >= 0.3 is 5.97 Å². The molecule has 0 saturated heterocycles. The van der Waals surface area contributed by atoms with Crippen LogP contribution in [0.4, 0.5) is 0 Å². The van der Waals surface area contributed by atoms with Gasteiger partial charge < -0.3 is 14.4 Å². The van der Waals surface area contributed by atoms with Crippen molar-refractivity contribution in [2.24, 2.45) is 7.05 Å². The van der Waals surface area contributed by atoms with Crippen LogP contribution in [-0.2, 0) is 16.6 Å². The summed E-state index contributed by atoms with van der Waals surface area (Å²) >= 11 is 0. The predicted octanol–water partition coefficient (Wildman–Crippen LogP) is 1.24. The molecule has 0 aliphatic rings. The maximum atomic E-state index is 11.8. The van der Waals surface area contributed by atoms with Crippen molar-refractivity contribution in [3.63, 3.8) is 0 Å². The first-order valence-corrected chi connectivity index (χ1v) is 4.97. The summed E-state index contributed by atoms with van der Waals surface area (Å²) in [4.78, 5) is 23.0. The number of methoxy groups -OCH3 is 1. The van der Waals surface area contributed by atoms with E-state index in [4.69, 9.17) is 0 Å². The fraction of sp³-hybridized carbons (Fsp3) is 0.167. The quantitative estimate of drug-likeness (QED) is 0.481. The van der Waals surface area contributed by atoms with Gasteiger partial charge in [-0.15, -0.1) is 0 Å². The number of fused-ring (bicyclic) bond motifs is 1. The predicted molar refractivity (Wildman–Crippen MR) is 60.9 cm³/mol. The van der Waals surface area contributed by atoms with E-state index in [-0.39, 0.29) is 11.4 Å². The van der Waals surface area contributed by atoms with Gasteiger partial charge in [0.1, 0.15) is 0 Å². The summed E-state index contributed by atoms with van der Waals surface area (Å²) in [6, 6.07) is 6.94. The zero-order chi connectivity index (χ0) is 12.6. The molecule has 0 amide bonds. The molecule has 0 unspecified atom stereocenters. The summed E-state index contributed by atoms with van der Waals surface area (Å²) < 4.78 is 5.82. The average molecular weight is 233 g/mol. The maximum Gasteiger partial charge on any atom is 0.379 e. The number of carbonyl (C=O) groups is 2. The minimum absolute atomic E-state index is 0.0186. The Bertz CT molecular complexity index is 612. The number of aromatic nitrogens is 1. The van der Waals surface area contributed by atoms with Gasteiger partial charge in [-0.3, -0.25) is 4.79 Å². The number of hydrogen-bond donors (Lipinski definition) is 1. The van der Waals surface area contributed by atoms with E-state index in [2.05, 4.69) is 4.74 Å². The van der Waals surface area contributed by atoms with E-state index in [0.29, 0.717) is 10.9 Å². The standard InChI is InChI=1S/C12H11NO4/c1-13-8-6-4-3-5-7(8)9(11(13)15)10(14)12(16)17-2/h3-6,15H,1-2H3. The van der Waals surface area contributed by atoms with Crippen LogP contribution in [0.15, 0.2) is 24.3 Å². The van der Waals surface area contributed by atoms with Crippen molar-refractivity contribution in [1.82, 2.24) is 4.57 Å². The molecular formula is C12H11NO4. The molecule has 17 heavy (non-hydrogen) atoms. The smallest absolute Gasteiger partial charge is 0.379 e. The molecule has 2 rings (SSSR count). The Morgan fingerprint density at radius 2 is 1.94 bits per heavy atom. The first kappa shape index (κ1) is 11.2. The normalized spacial score (nSPS) is 10.5. The first-order valence-electron chi connectivity index (χ1n) is 4.97. The van der Waals surface area contributed by atoms with Crippen molar-refractivity contribution in [3.8, 4) is 5.88 Å². The summed E-state index contributed by atoms with van der Waals surface area (Å²) in [6.45, 7) is 0. The third-order valence-electron chi connectivity index (χ3n) is 2.67. The molecule has 0 aliphatic heterocycles. The van der Waals surface area contributed by atoms with Gasteiger partial charge in [-0.1, -0.05) is 18.2 Å². The molecule has 88 valence electrons. The van der Waals surface area contributed by atoms with Gasteiger partial charge in [0.15, 0.2) is 0 Å². The van der Waals surface area contributed by atoms with Gasteiger partial charge in [-0.05, 0) is 6.07 Å². The van der Waals surface area contributed by atoms with Crippen molar-refractivity contribution < 1.29 is 19.4 Å². The Morgan fingerprint density at radius 1 is 1.29 bits per heavy atom. The second kappa shape index (κ2) is 3.93. The molecule has 5 heteroatoms. The van der Waals surface area contributed by atoms with E-state index in [1.54, 1.807) is 31.3 Å². The molecule has 1 N–H and O–H groups in total. The number of aryl methyl sites for hydroxylation is 1. The third-order valence-corrected chi connectivity index (χ3v) is 2.67. The van der Waals surface area contributed by atoms with Gasteiger partial charge in [-0.2, -0.15) is 0 Å². The summed E-state index contributed by atoms with van der Waals surface area (Å²) in [5.74, 6) is -2.07. The van der Waals surface area contributed by atoms with Gasteiger partial charge in [0, 0.05) is 12.4 Å². The second-order valence-electron chi connectivity index (χ2n) is 3.60. The van der Waals surface area contributed by atoms with Gasteiger partial charge in [-0.25, -0.2) is 4.79 Å². The molecule has 2 aromatic rings. The first-order chi connectivity index (χ1) is 8.07. The maximum absolute atomic E-state index is 11.8. The number of para-hydroxylation sites is 1. The number of rotatable bonds is 2. The van der Waals surface area contributed by atoms with E-state index >= 15 is 0 Å². The van der Waals surface area contributed by atoms with Crippen LogP contribution in [0, 0.1) is 0 Å². The van der Waals surface area contributed by atoms with Gasteiger partial charge in [0.05, 0.1) is 18.2 Å². The Balaban J connectivity index is 2.73. The second-order valence-corrected chi connectivity index (χ2v) is 3.60. The van der Waals surface area contributed by atoms with Gasteiger partial charge in [0.25, 0.3) is 5.78 Å². The lowest BCUT2D eigenvalue weighted by molar-refractivity contribution is -0.135. The summed E-state index contributed by atoms with van der Waals surface area (Å²) in [5, 5.41) is 10.4. The van der Waals surface area contributed by atoms with Crippen LogP contribution in [0.1, 0.15) is 10.4 Å². The van der Waals surface area contributed by atoms with Crippen LogP contribution in [-0.4, -0.2) is 28.5 Å². The molecule has 0 fully saturated rings. The SMILES string of the molecule is COC(=O)C(=O)c1c(O)n(C)c2ccccc12. The van der Waals surface area contributed by atoms with Crippen LogP contribution in [0.2, 0.25) is 0 Å². The molecule has 0 radical (unpaired) electrons. The summed E-state index contributed by atoms with van der Waals surface area (Å²) in [7, 11) is 2.74. The molecule has 1 aromatic heterocycles. The van der Waals surface area contributed by atoms with E-state index in [0.717, 1.165) is 7.11 Å². The Kier molecular flexibility index (Phi) is 2.59. The largest absolute Gasteiger partial charge is 0.494 e. The minimum Gasteiger partial charge on any atom is -0.494 e. The monoisotopic (exact) mass is 233 g/mol. The topological polar surface area (TPSA) is 68.5 Å². The lowest BCUT2D eigenvalue weighted by Crippen LogP contribution is -2.15. The number of hydrogen-bond acceptors (Lipinski definition) is 4. The van der Waals surface area contributed by atoms with E-state index < -0.39 is 11.8 Å². The van der Waals surface area contributed by atoms with Crippen molar-refractivity contribution in [2.45, 2.75) is 0 Å². The van der Waals surface area contributed by atoms with Crippen molar-refractivity contribution in [1.29, 1.82) is 0 Å². The average Bonchev–Trinajstić information content (AvgIpc) is 2.61. The van der Waals surface area contributed by atoms with Crippen LogP contribution in [0.5, 0.6) is 5.88 Å². The fourth-order valence-electron chi connectivity index (χ4n) is 1.80. The molecule has 0 aliphatic carbocycles. The van der Waals surface area contributed by atoms with Crippen LogP contribution < -0.4 is 0 Å². The number of ketones is 1. The summed E-state index contributed by atoms with van der Waals surface area (Å²) in [5.41, 5.74) is 0.659. The minimum atomic E-state index is -0.989. The van der Waals surface area contributed by atoms with E-state index in [1.165, 1.54) is 4.57 Å². The van der Waals surface area contributed by atoms with Crippen molar-refractivity contribution >= 4 is 22.7 Å². The molecule has 5 nitrogen and oxygen atoms in total. The number of nitrogens with zero attached hydrogens (tertiary/aromatic N) is 1. The fourth-order valence-corrected chi connectivity index (χ4v) is 1.80. The highest BCUT2D eigenvalue weighted by Gasteiger charge is 2.26. The number of Topliss-reactive ketones (excluding diaryl/α,β-unsaturated/α-hetero) is 1. The molecule has 0 atom stereocenters. The lowest BCUT2D eigenvalue weighted by atomic mass is 10.1. The zero-order valence-electron chi connectivity index (χ0n) is 9.43. The Labute approximate surface area is 97.2 Å².